The van der Waals surface area contributed by atoms with Gasteiger partial charge in [0.1, 0.15) is 5.01 Å². The Morgan fingerprint density at radius 3 is 2.21 bits per heavy atom. The minimum absolute atomic E-state index is 0.208. The fourth-order valence-electron chi connectivity index (χ4n) is 3.07. The summed E-state index contributed by atoms with van der Waals surface area (Å²) in [5.41, 5.74) is 5.24. The van der Waals surface area contributed by atoms with Crippen molar-refractivity contribution in [3.8, 4) is 32.3 Å². The van der Waals surface area contributed by atoms with Crippen molar-refractivity contribution in [2.45, 2.75) is 6.10 Å². The van der Waals surface area contributed by atoms with E-state index in [0.29, 0.717) is 6.54 Å². The first-order valence-corrected chi connectivity index (χ1v) is 10.8. The first-order valence-electron chi connectivity index (χ1n) is 9.44. The number of anilines is 1. The van der Waals surface area contributed by atoms with Crippen LogP contribution in [-0.4, -0.2) is 28.6 Å². The molecule has 3 nitrogen and oxygen atoms in total. The first-order chi connectivity index (χ1) is 14.2. The molecule has 0 saturated carbocycles. The van der Waals surface area contributed by atoms with Crippen LogP contribution in [0.25, 0.3) is 32.3 Å². The van der Waals surface area contributed by atoms with Gasteiger partial charge in [0, 0.05) is 23.4 Å². The fraction of sp³-hybridized carbons (Fsp3) is 0.125. The predicted octanol–water partition coefficient (Wildman–Crippen LogP) is 6.16. The van der Waals surface area contributed by atoms with E-state index in [-0.39, 0.29) is 5.88 Å². The van der Waals surface area contributed by atoms with Crippen molar-refractivity contribution in [1.82, 2.24) is 4.98 Å². The number of hydrogen-bond acceptors (Lipinski definition) is 4. The Morgan fingerprint density at radius 2 is 1.52 bits per heavy atom. The fourth-order valence-corrected chi connectivity index (χ4v) is 4.27. The monoisotopic (exact) mass is 420 g/mol. The molecule has 0 aliphatic carbocycles. The van der Waals surface area contributed by atoms with Crippen LogP contribution in [0, 0.1) is 0 Å². The van der Waals surface area contributed by atoms with Gasteiger partial charge in [0.15, 0.2) is 0 Å². The Balaban J connectivity index is 1.73. The van der Waals surface area contributed by atoms with Gasteiger partial charge in [0.25, 0.3) is 0 Å². The maximum absolute atomic E-state index is 9.69. The summed E-state index contributed by atoms with van der Waals surface area (Å²) in [5, 5.41) is 13.9. The highest BCUT2D eigenvalue weighted by atomic mass is 35.5. The predicted molar refractivity (Wildman–Crippen MR) is 124 cm³/mol. The van der Waals surface area contributed by atoms with E-state index < -0.39 is 6.10 Å². The topological polar surface area (TPSA) is 45.1 Å². The molecule has 1 unspecified atom stereocenters. The minimum atomic E-state index is -0.574. The summed E-state index contributed by atoms with van der Waals surface area (Å²) in [6, 6.07) is 28.7. The van der Waals surface area contributed by atoms with Gasteiger partial charge in [-0.1, -0.05) is 72.8 Å². The molecule has 0 aliphatic rings. The Labute approximate surface area is 179 Å². The molecular weight excluding hydrogens is 400 g/mol. The van der Waals surface area contributed by atoms with Gasteiger partial charge in [0.05, 0.1) is 22.6 Å². The molecule has 3 aromatic carbocycles. The molecule has 0 spiro atoms. The highest BCUT2D eigenvalue weighted by molar-refractivity contribution is 7.19. The molecule has 146 valence electrons. The standard InChI is InChI=1S/C24H21ClN2OS/c25-15-21(28)16-26-20-13-7-12-19(14-20)24-27-22(17-8-3-1-4-9-17)23(29-24)18-10-5-2-6-11-18/h1-14,21,26,28H,15-16H2. The van der Waals surface area contributed by atoms with Crippen molar-refractivity contribution in [1.29, 1.82) is 0 Å². The average Bonchev–Trinajstić information content (AvgIpc) is 3.24. The van der Waals surface area contributed by atoms with Crippen LogP contribution in [0.15, 0.2) is 84.9 Å². The summed E-state index contributed by atoms with van der Waals surface area (Å²) >= 11 is 7.37. The van der Waals surface area contributed by atoms with E-state index in [1.165, 1.54) is 0 Å². The third kappa shape index (κ3) is 4.67. The third-order valence-electron chi connectivity index (χ3n) is 4.54. The summed E-state index contributed by atoms with van der Waals surface area (Å²) < 4.78 is 0. The molecule has 1 aromatic heterocycles. The largest absolute Gasteiger partial charge is 0.390 e. The van der Waals surface area contributed by atoms with E-state index in [1.54, 1.807) is 11.3 Å². The Morgan fingerprint density at radius 1 is 0.862 bits per heavy atom. The molecule has 0 saturated heterocycles. The lowest BCUT2D eigenvalue weighted by molar-refractivity contribution is 0.211. The van der Waals surface area contributed by atoms with E-state index in [2.05, 4.69) is 53.8 Å². The van der Waals surface area contributed by atoms with Gasteiger partial charge in [0.2, 0.25) is 0 Å². The number of nitrogens with zero attached hydrogens (tertiary/aromatic N) is 1. The number of rotatable bonds is 7. The van der Waals surface area contributed by atoms with Crippen LogP contribution >= 0.6 is 22.9 Å². The molecule has 0 amide bonds. The van der Waals surface area contributed by atoms with Gasteiger partial charge in [-0.05, 0) is 17.7 Å². The second-order valence-corrected chi connectivity index (χ2v) is 8.01. The number of halogens is 1. The molecule has 1 atom stereocenters. The number of aliphatic hydroxyl groups excluding tert-OH is 1. The lowest BCUT2D eigenvalue weighted by atomic mass is 10.1. The molecule has 0 fully saturated rings. The summed E-state index contributed by atoms with van der Waals surface area (Å²) in [6.45, 7) is 0.412. The first kappa shape index (κ1) is 19.6. The van der Waals surface area contributed by atoms with Gasteiger partial charge >= 0.3 is 0 Å². The second-order valence-electron chi connectivity index (χ2n) is 6.70. The van der Waals surface area contributed by atoms with Crippen molar-refractivity contribution in [2.24, 2.45) is 0 Å². The molecule has 0 bridgehead atoms. The second kappa shape index (κ2) is 9.23. The maximum Gasteiger partial charge on any atom is 0.124 e. The van der Waals surface area contributed by atoms with Crippen LogP contribution in [0.2, 0.25) is 0 Å². The zero-order valence-electron chi connectivity index (χ0n) is 15.8. The van der Waals surface area contributed by atoms with Crippen molar-refractivity contribution in [2.75, 3.05) is 17.7 Å². The SMILES string of the molecule is OC(CCl)CNc1cccc(-c2nc(-c3ccccc3)c(-c3ccccc3)s2)c1. The van der Waals surface area contributed by atoms with E-state index in [4.69, 9.17) is 16.6 Å². The van der Waals surface area contributed by atoms with E-state index in [9.17, 15) is 5.11 Å². The molecule has 2 N–H and O–H groups in total. The van der Waals surface area contributed by atoms with Crippen molar-refractivity contribution in [3.05, 3.63) is 84.9 Å². The third-order valence-corrected chi connectivity index (χ3v) is 6.05. The summed E-state index contributed by atoms with van der Waals surface area (Å²) in [6.07, 6.45) is -0.574. The highest BCUT2D eigenvalue weighted by Crippen LogP contribution is 2.40. The zero-order chi connectivity index (χ0) is 20.1. The van der Waals surface area contributed by atoms with Crippen LogP contribution < -0.4 is 5.32 Å². The molecule has 4 aromatic rings. The number of alkyl halides is 1. The van der Waals surface area contributed by atoms with Gasteiger partial charge in [-0.25, -0.2) is 4.98 Å². The van der Waals surface area contributed by atoms with Gasteiger partial charge < -0.3 is 10.4 Å². The molecule has 4 rings (SSSR count). The van der Waals surface area contributed by atoms with Crippen molar-refractivity contribution < 1.29 is 5.11 Å². The molecule has 0 radical (unpaired) electrons. The van der Waals surface area contributed by atoms with Crippen molar-refractivity contribution >= 4 is 28.6 Å². The normalized spacial score (nSPS) is 11.9. The maximum atomic E-state index is 9.69. The molecule has 1 heterocycles. The number of thiazole rings is 1. The lowest BCUT2D eigenvalue weighted by Gasteiger charge is -2.10. The molecular formula is C24H21ClN2OS. The van der Waals surface area contributed by atoms with Crippen LogP contribution in [-0.2, 0) is 0 Å². The quantitative estimate of drug-likeness (QED) is 0.352. The van der Waals surface area contributed by atoms with Gasteiger partial charge in [-0.2, -0.15) is 0 Å². The molecule has 5 heteroatoms. The van der Waals surface area contributed by atoms with Crippen LogP contribution in [0.5, 0.6) is 0 Å². The lowest BCUT2D eigenvalue weighted by Crippen LogP contribution is -2.20. The average molecular weight is 421 g/mol. The highest BCUT2D eigenvalue weighted by Gasteiger charge is 2.16. The smallest absolute Gasteiger partial charge is 0.124 e. The zero-order valence-corrected chi connectivity index (χ0v) is 17.3. The van der Waals surface area contributed by atoms with Crippen LogP contribution in [0.3, 0.4) is 0 Å². The Bertz CT molecular complexity index is 1010. The van der Waals surface area contributed by atoms with E-state index in [1.807, 2.05) is 36.4 Å². The Kier molecular flexibility index (Phi) is 6.25. The number of aromatic nitrogens is 1. The molecule has 29 heavy (non-hydrogen) atoms. The minimum Gasteiger partial charge on any atom is -0.390 e. The molecule has 0 aliphatic heterocycles. The summed E-state index contributed by atoms with van der Waals surface area (Å²) in [7, 11) is 0. The van der Waals surface area contributed by atoms with Crippen LogP contribution in [0.4, 0.5) is 5.69 Å². The Hall–Kier alpha value is -2.66. The van der Waals surface area contributed by atoms with Crippen LogP contribution in [0.1, 0.15) is 0 Å². The number of nitrogens with one attached hydrogen (secondary N) is 1. The summed E-state index contributed by atoms with van der Waals surface area (Å²) in [5.74, 6) is 0.208. The van der Waals surface area contributed by atoms with Gasteiger partial charge in [-0.15, -0.1) is 22.9 Å². The number of hydrogen-bond donors (Lipinski definition) is 2. The van der Waals surface area contributed by atoms with Gasteiger partial charge in [-0.3, -0.25) is 0 Å². The summed E-state index contributed by atoms with van der Waals surface area (Å²) in [4.78, 5) is 6.16. The number of aliphatic hydroxyl groups is 1. The number of benzene rings is 3. The van der Waals surface area contributed by atoms with E-state index >= 15 is 0 Å². The van der Waals surface area contributed by atoms with Crippen molar-refractivity contribution in [3.63, 3.8) is 0 Å². The van der Waals surface area contributed by atoms with E-state index in [0.717, 1.165) is 38.0 Å².